The van der Waals surface area contributed by atoms with Gasteiger partial charge in [0.2, 0.25) is 0 Å². The molecule has 14 heavy (non-hydrogen) atoms. The second kappa shape index (κ2) is 3.82. The monoisotopic (exact) mass is 198 g/mol. The minimum atomic E-state index is -1.03. The van der Waals surface area contributed by atoms with Crippen LogP contribution >= 0.6 is 0 Å². The number of hydrogen-bond donors (Lipinski definition) is 2. The third-order valence-electron chi connectivity index (χ3n) is 2.81. The molecule has 0 unspecified atom stereocenters. The molecular weight excluding hydrogens is 184 g/mol. The second-order valence-electron chi connectivity index (χ2n) is 3.83. The molecule has 0 bridgehead atoms. The summed E-state index contributed by atoms with van der Waals surface area (Å²) in [6.45, 7) is 3.47. The average molecular weight is 198 g/mol. The molecule has 0 aromatic rings. The van der Waals surface area contributed by atoms with Crippen LogP contribution in [0.1, 0.15) is 13.8 Å². The van der Waals surface area contributed by atoms with Gasteiger partial charge in [0.1, 0.15) is 0 Å². The number of aliphatic carboxylic acids is 2. The number of carbonyl (C=O) groups is 2. The number of hydrogen-bond acceptors (Lipinski definition) is 2. The van der Waals surface area contributed by atoms with Crippen molar-refractivity contribution in [2.24, 2.45) is 23.7 Å². The molecule has 1 aliphatic rings. The Morgan fingerprint density at radius 1 is 0.929 bits per heavy atom. The summed E-state index contributed by atoms with van der Waals surface area (Å²) in [7, 11) is 0. The molecular formula is C10H14O4. The van der Waals surface area contributed by atoms with Crippen molar-refractivity contribution < 1.29 is 19.8 Å². The largest absolute Gasteiger partial charge is 0.481 e. The van der Waals surface area contributed by atoms with Crippen molar-refractivity contribution in [2.45, 2.75) is 13.8 Å². The Morgan fingerprint density at radius 2 is 1.21 bits per heavy atom. The molecule has 0 spiro atoms. The predicted molar refractivity (Wildman–Crippen MR) is 49.7 cm³/mol. The molecule has 0 heterocycles. The van der Waals surface area contributed by atoms with Crippen molar-refractivity contribution in [2.75, 3.05) is 0 Å². The van der Waals surface area contributed by atoms with E-state index >= 15 is 0 Å². The molecule has 0 aliphatic heterocycles. The highest BCUT2D eigenvalue weighted by molar-refractivity contribution is 5.81. The first-order chi connectivity index (χ1) is 6.45. The van der Waals surface area contributed by atoms with E-state index < -0.39 is 23.8 Å². The first-order valence-corrected chi connectivity index (χ1v) is 4.59. The summed E-state index contributed by atoms with van der Waals surface area (Å²) in [5.74, 6) is -4.11. The highest BCUT2D eigenvalue weighted by atomic mass is 16.4. The third-order valence-corrected chi connectivity index (χ3v) is 2.81. The predicted octanol–water partition coefficient (Wildman–Crippen LogP) is 1.23. The SMILES string of the molecule is C[C@@H]1C=C[C@H](C)[C@H](C(=O)O)[C@H]1C(=O)O. The van der Waals surface area contributed by atoms with Gasteiger partial charge >= 0.3 is 11.9 Å². The lowest BCUT2D eigenvalue weighted by Crippen LogP contribution is -2.39. The fourth-order valence-corrected chi connectivity index (χ4v) is 2.00. The van der Waals surface area contributed by atoms with Crippen LogP contribution in [0.2, 0.25) is 0 Å². The van der Waals surface area contributed by atoms with Gasteiger partial charge in [0.25, 0.3) is 0 Å². The lowest BCUT2D eigenvalue weighted by Gasteiger charge is -2.31. The Balaban J connectivity index is 3.02. The van der Waals surface area contributed by atoms with E-state index in [2.05, 4.69) is 0 Å². The van der Waals surface area contributed by atoms with E-state index in [0.717, 1.165) is 0 Å². The molecule has 4 nitrogen and oxygen atoms in total. The zero-order valence-electron chi connectivity index (χ0n) is 8.18. The van der Waals surface area contributed by atoms with E-state index in [4.69, 9.17) is 10.2 Å². The molecule has 0 saturated carbocycles. The Kier molecular flexibility index (Phi) is 2.93. The minimum Gasteiger partial charge on any atom is -0.481 e. The summed E-state index contributed by atoms with van der Waals surface area (Å²) in [5, 5.41) is 17.9. The number of rotatable bonds is 2. The Labute approximate surface area is 82.2 Å². The summed E-state index contributed by atoms with van der Waals surface area (Å²) < 4.78 is 0. The van der Waals surface area contributed by atoms with Gasteiger partial charge in [-0.25, -0.2) is 0 Å². The van der Waals surface area contributed by atoms with Crippen molar-refractivity contribution in [3.05, 3.63) is 12.2 Å². The quantitative estimate of drug-likeness (QED) is 0.654. The van der Waals surface area contributed by atoms with Crippen LogP contribution in [0.25, 0.3) is 0 Å². The molecule has 0 aromatic heterocycles. The number of allylic oxidation sites excluding steroid dienone is 2. The molecule has 78 valence electrons. The molecule has 0 fully saturated rings. The Morgan fingerprint density at radius 3 is 1.43 bits per heavy atom. The first-order valence-electron chi connectivity index (χ1n) is 4.59. The summed E-state index contributed by atoms with van der Waals surface area (Å²) in [6.07, 6.45) is 3.56. The molecule has 0 radical (unpaired) electrons. The van der Waals surface area contributed by atoms with Crippen LogP contribution in [0.3, 0.4) is 0 Å². The summed E-state index contributed by atoms with van der Waals surface area (Å²) >= 11 is 0. The maximum Gasteiger partial charge on any atom is 0.307 e. The van der Waals surface area contributed by atoms with Crippen LogP contribution < -0.4 is 0 Å². The standard InChI is InChI=1S/C10H14O4/c1-5-3-4-6(2)8(10(13)14)7(5)9(11)12/h3-8H,1-2H3,(H,11,12)(H,13,14)/t5-,6+,7-,8-/m0/s1. The average Bonchev–Trinajstić information content (AvgIpc) is 2.07. The van der Waals surface area contributed by atoms with Crippen LogP contribution in [0.15, 0.2) is 12.2 Å². The van der Waals surface area contributed by atoms with Gasteiger partial charge in [0.05, 0.1) is 11.8 Å². The van der Waals surface area contributed by atoms with E-state index in [1.165, 1.54) is 0 Å². The van der Waals surface area contributed by atoms with Gasteiger partial charge in [-0.3, -0.25) is 9.59 Å². The molecule has 0 saturated heterocycles. The highest BCUT2D eigenvalue weighted by Crippen LogP contribution is 2.34. The number of carboxylic acid groups (broad SMARTS) is 2. The minimum absolute atomic E-state index is 0.218. The summed E-state index contributed by atoms with van der Waals surface area (Å²) in [6, 6.07) is 0. The van der Waals surface area contributed by atoms with Crippen molar-refractivity contribution in [1.82, 2.24) is 0 Å². The van der Waals surface area contributed by atoms with E-state index in [9.17, 15) is 9.59 Å². The molecule has 0 aromatic carbocycles. The zero-order chi connectivity index (χ0) is 10.9. The third kappa shape index (κ3) is 1.78. The van der Waals surface area contributed by atoms with Crippen LogP contribution in [0, 0.1) is 23.7 Å². The van der Waals surface area contributed by atoms with E-state index in [-0.39, 0.29) is 11.8 Å². The van der Waals surface area contributed by atoms with E-state index in [1.807, 2.05) is 0 Å². The molecule has 1 aliphatic carbocycles. The van der Waals surface area contributed by atoms with Gasteiger partial charge in [-0.2, -0.15) is 0 Å². The first kappa shape index (κ1) is 10.8. The lowest BCUT2D eigenvalue weighted by atomic mass is 9.72. The normalized spacial score (nSPS) is 36.7. The Hall–Kier alpha value is -1.32. The van der Waals surface area contributed by atoms with E-state index in [1.54, 1.807) is 26.0 Å². The van der Waals surface area contributed by atoms with Crippen molar-refractivity contribution in [3.63, 3.8) is 0 Å². The molecule has 0 amide bonds. The molecule has 4 heteroatoms. The van der Waals surface area contributed by atoms with Crippen LogP contribution in [-0.2, 0) is 9.59 Å². The van der Waals surface area contributed by atoms with Gasteiger partial charge in [0.15, 0.2) is 0 Å². The van der Waals surface area contributed by atoms with Gasteiger partial charge in [-0.15, -0.1) is 0 Å². The van der Waals surface area contributed by atoms with Gasteiger partial charge < -0.3 is 10.2 Å². The second-order valence-corrected chi connectivity index (χ2v) is 3.83. The molecule has 4 atom stereocenters. The highest BCUT2D eigenvalue weighted by Gasteiger charge is 2.41. The van der Waals surface area contributed by atoms with Crippen LogP contribution in [0.5, 0.6) is 0 Å². The number of carboxylic acids is 2. The topological polar surface area (TPSA) is 74.6 Å². The molecule has 1 rings (SSSR count). The summed E-state index contributed by atoms with van der Waals surface area (Å²) in [5.41, 5.74) is 0. The van der Waals surface area contributed by atoms with Gasteiger partial charge in [0, 0.05) is 0 Å². The van der Waals surface area contributed by atoms with Gasteiger partial charge in [-0.1, -0.05) is 26.0 Å². The van der Waals surface area contributed by atoms with Crippen molar-refractivity contribution in [3.8, 4) is 0 Å². The summed E-state index contributed by atoms with van der Waals surface area (Å²) in [4.78, 5) is 21.9. The van der Waals surface area contributed by atoms with Crippen molar-refractivity contribution >= 4 is 11.9 Å². The maximum atomic E-state index is 10.9. The fraction of sp³-hybridized carbons (Fsp3) is 0.600. The van der Waals surface area contributed by atoms with Gasteiger partial charge in [-0.05, 0) is 11.8 Å². The molecule has 2 N–H and O–H groups in total. The van der Waals surface area contributed by atoms with Crippen LogP contribution in [0.4, 0.5) is 0 Å². The van der Waals surface area contributed by atoms with Crippen LogP contribution in [-0.4, -0.2) is 22.2 Å². The van der Waals surface area contributed by atoms with Crippen molar-refractivity contribution in [1.29, 1.82) is 0 Å². The Bertz CT molecular complexity index is 254. The zero-order valence-corrected chi connectivity index (χ0v) is 8.18. The lowest BCUT2D eigenvalue weighted by molar-refractivity contribution is -0.157. The van der Waals surface area contributed by atoms with E-state index in [0.29, 0.717) is 0 Å². The maximum absolute atomic E-state index is 10.9. The smallest absolute Gasteiger partial charge is 0.307 e. The fourth-order valence-electron chi connectivity index (χ4n) is 2.00.